The molecule has 2 aromatic rings. The Balaban J connectivity index is 2.18. The number of ether oxygens (including phenoxy) is 2. The molecule has 10 heteroatoms. The van der Waals surface area contributed by atoms with Crippen LogP contribution in [-0.2, 0) is 14.8 Å². The highest BCUT2D eigenvalue weighted by Crippen LogP contribution is 2.29. The van der Waals surface area contributed by atoms with Crippen molar-refractivity contribution in [3.63, 3.8) is 0 Å². The van der Waals surface area contributed by atoms with Crippen LogP contribution < -0.4 is 24.8 Å². The number of hydrogen-bond donors (Lipinski definition) is 2. The first kappa shape index (κ1) is 21.2. The zero-order chi connectivity index (χ0) is 20.9. The Morgan fingerprint density at radius 3 is 2.46 bits per heavy atom. The second kappa shape index (κ2) is 8.72. The van der Waals surface area contributed by atoms with Crippen LogP contribution in [-0.4, -0.2) is 48.4 Å². The molecule has 0 radical (unpaired) electrons. The lowest BCUT2D eigenvalue weighted by atomic mass is 10.2. The maximum absolute atomic E-state index is 12.3. The summed E-state index contributed by atoms with van der Waals surface area (Å²) >= 11 is 0. The largest absolute Gasteiger partial charge is 0.493 e. The molecule has 150 valence electrons. The zero-order valence-electron chi connectivity index (χ0n) is 15.6. The van der Waals surface area contributed by atoms with Gasteiger partial charge in [0.15, 0.2) is 18.1 Å². The van der Waals surface area contributed by atoms with Gasteiger partial charge in [-0.25, -0.2) is 13.6 Å². The van der Waals surface area contributed by atoms with Gasteiger partial charge in [-0.3, -0.25) is 9.59 Å². The van der Waals surface area contributed by atoms with Crippen molar-refractivity contribution in [1.29, 1.82) is 0 Å². The molecule has 1 amide bonds. The molecule has 0 aliphatic heterocycles. The van der Waals surface area contributed by atoms with E-state index < -0.39 is 15.9 Å². The number of hydrogen-bond acceptors (Lipinski definition) is 7. The number of nitrogens with two attached hydrogens (primary N) is 1. The molecule has 2 aromatic carbocycles. The molecule has 0 aliphatic carbocycles. The van der Waals surface area contributed by atoms with Gasteiger partial charge < -0.3 is 19.7 Å². The number of sulfonamides is 1. The number of benzene rings is 2. The summed E-state index contributed by atoms with van der Waals surface area (Å²) in [7, 11) is 0.990. The number of carbonyl (C=O) groups is 2. The van der Waals surface area contributed by atoms with Crippen molar-refractivity contribution in [2.24, 2.45) is 5.14 Å². The fraction of sp³-hybridized carbons (Fsp3) is 0.222. The summed E-state index contributed by atoms with van der Waals surface area (Å²) in [6, 6.07) is 8.71. The van der Waals surface area contributed by atoms with Gasteiger partial charge in [0.1, 0.15) is 6.29 Å². The average molecular weight is 407 g/mol. The van der Waals surface area contributed by atoms with E-state index in [1.54, 1.807) is 19.0 Å². The summed E-state index contributed by atoms with van der Waals surface area (Å²) in [4.78, 5) is 24.7. The third-order valence-electron chi connectivity index (χ3n) is 3.73. The molecule has 28 heavy (non-hydrogen) atoms. The van der Waals surface area contributed by atoms with E-state index >= 15 is 0 Å². The molecule has 3 N–H and O–H groups in total. The fourth-order valence-electron chi connectivity index (χ4n) is 2.39. The van der Waals surface area contributed by atoms with Crippen molar-refractivity contribution in [3.8, 4) is 11.5 Å². The van der Waals surface area contributed by atoms with Crippen LogP contribution in [0.3, 0.4) is 0 Å². The smallest absolute Gasteiger partial charge is 0.262 e. The maximum Gasteiger partial charge on any atom is 0.262 e. The van der Waals surface area contributed by atoms with E-state index in [0.717, 1.165) is 0 Å². The van der Waals surface area contributed by atoms with Crippen LogP contribution in [0.4, 0.5) is 11.4 Å². The first-order chi connectivity index (χ1) is 13.2. The number of primary sulfonamides is 1. The minimum Gasteiger partial charge on any atom is -0.493 e. The third-order valence-corrected chi connectivity index (χ3v) is 4.65. The molecule has 0 atom stereocenters. The minimum absolute atomic E-state index is 0.125. The highest BCUT2D eigenvalue weighted by Gasteiger charge is 2.15. The van der Waals surface area contributed by atoms with Gasteiger partial charge in [0.05, 0.1) is 23.4 Å². The van der Waals surface area contributed by atoms with Crippen LogP contribution in [0.25, 0.3) is 0 Å². The van der Waals surface area contributed by atoms with E-state index in [9.17, 15) is 18.0 Å². The number of carbonyl (C=O) groups excluding carboxylic acids is 2. The number of methoxy groups -OCH3 is 1. The van der Waals surface area contributed by atoms with Crippen LogP contribution in [0.5, 0.6) is 11.5 Å². The number of nitrogens with zero attached hydrogens (tertiary/aromatic N) is 1. The summed E-state index contributed by atoms with van der Waals surface area (Å²) in [6.07, 6.45) is 0.667. The molecule has 9 nitrogen and oxygen atoms in total. The number of nitrogens with one attached hydrogen (secondary N) is 1. The molecule has 0 spiro atoms. The van der Waals surface area contributed by atoms with E-state index in [-0.39, 0.29) is 22.9 Å². The molecular formula is C18H21N3O6S. The van der Waals surface area contributed by atoms with Gasteiger partial charge in [-0.2, -0.15) is 0 Å². The van der Waals surface area contributed by atoms with Crippen LogP contribution >= 0.6 is 0 Å². The number of rotatable bonds is 8. The lowest BCUT2D eigenvalue weighted by molar-refractivity contribution is -0.118. The van der Waals surface area contributed by atoms with Crippen LogP contribution in [0, 0.1) is 0 Å². The SMILES string of the molecule is COc1cc(C=O)ccc1OCC(=O)Nc1cc(S(N)(=O)=O)ccc1N(C)C. The van der Waals surface area contributed by atoms with Gasteiger partial charge in [-0.15, -0.1) is 0 Å². The fourth-order valence-corrected chi connectivity index (χ4v) is 2.93. The molecule has 0 heterocycles. The van der Waals surface area contributed by atoms with Crippen LogP contribution in [0.2, 0.25) is 0 Å². The Bertz CT molecular complexity index is 989. The molecule has 0 aromatic heterocycles. The van der Waals surface area contributed by atoms with E-state index in [1.807, 2.05) is 0 Å². The van der Waals surface area contributed by atoms with Gasteiger partial charge in [0.25, 0.3) is 5.91 Å². The monoisotopic (exact) mass is 407 g/mol. The number of amides is 1. The Kier molecular flexibility index (Phi) is 6.60. The van der Waals surface area contributed by atoms with Crippen molar-refractivity contribution < 1.29 is 27.5 Å². The van der Waals surface area contributed by atoms with Crippen molar-refractivity contribution >= 4 is 33.6 Å². The minimum atomic E-state index is -3.92. The lowest BCUT2D eigenvalue weighted by Gasteiger charge is -2.19. The number of anilines is 2. The van der Waals surface area contributed by atoms with E-state index in [2.05, 4.69) is 5.32 Å². The standard InChI is InChI=1S/C18H21N3O6S/c1-21(2)15-6-5-13(28(19,24)25)9-14(15)20-18(23)11-27-16-7-4-12(10-22)8-17(16)26-3/h4-10H,11H2,1-3H3,(H,20,23)(H2,19,24,25). The summed E-state index contributed by atoms with van der Waals surface area (Å²) in [5, 5.41) is 7.77. The quantitative estimate of drug-likeness (QED) is 0.630. The van der Waals surface area contributed by atoms with E-state index in [1.165, 1.54) is 43.5 Å². The molecule has 0 fully saturated rings. The molecule has 0 saturated heterocycles. The first-order valence-corrected chi connectivity index (χ1v) is 9.60. The van der Waals surface area contributed by atoms with Gasteiger partial charge in [-0.05, 0) is 36.4 Å². The molecule has 0 saturated carbocycles. The Morgan fingerprint density at radius 2 is 1.89 bits per heavy atom. The topological polar surface area (TPSA) is 128 Å². The van der Waals surface area contributed by atoms with Crippen molar-refractivity contribution in [2.75, 3.05) is 38.0 Å². The summed E-state index contributed by atoms with van der Waals surface area (Å²) in [6.45, 7) is -0.358. The van der Waals surface area contributed by atoms with E-state index in [4.69, 9.17) is 14.6 Å². The highest BCUT2D eigenvalue weighted by atomic mass is 32.2. The molecule has 0 unspecified atom stereocenters. The van der Waals surface area contributed by atoms with Crippen molar-refractivity contribution in [2.45, 2.75) is 4.90 Å². The third kappa shape index (κ3) is 5.21. The van der Waals surface area contributed by atoms with Crippen LogP contribution in [0.15, 0.2) is 41.3 Å². The molecule has 0 aliphatic rings. The van der Waals surface area contributed by atoms with Gasteiger partial charge in [-0.1, -0.05) is 0 Å². The molecule has 2 rings (SSSR count). The number of aldehydes is 1. The zero-order valence-corrected chi connectivity index (χ0v) is 16.4. The lowest BCUT2D eigenvalue weighted by Crippen LogP contribution is -2.23. The van der Waals surface area contributed by atoms with Crippen molar-refractivity contribution in [1.82, 2.24) is 0 Å². The summed E-state index contributed by atoms with van der Waals surface area (Å²) in [5.41, 5.74) is 1.27. The Morgan fingerprint density at radius 1 is 1.18 bits per heavy atom. The van der Waals surface area contributed by atoms with Gasteiger partial charge in [0, 0.05) is 19.7 Å². The Hall–Kier alpha value is -3.11. The van der Waals surface area contributed by atoms with Gasteiger partial charge in [0.2, 0.25) is 10.0 Å². The average Bonchev–Trinajstić information content (AvgIpc) is 2.65. The second-order valence-electron chi connectivity index (χ2n) is 5.98. The predicted octanol–water partition coefficient (Wildman–Crippen LogP) is 1.24. The second-order valence-corrected chi connectivity index (χ2v) is 7.54. The maximum atomic E-state index is 12.3. The summed E-state index contributed by atoms with van der Waals surface area (Å²) in [5.74, 6) is 0.0770. The molecule has 0 bridgehead atoms. The van der Waals surface area contributed by atoms with Crippen LogP contribution in [0.1, 0.15) is 10.4 Å². The normalized spacial score (nSPS) is 10.9. The Labute approximate surface area is 163 Å². The first-order valence-electron chi connectivity index (χ1n) is 8.05. The summed E-state index contributed by atoms with van der Waals surface area (Å²) < 4.78 is 33.7. The predicted molar refractivity (Wildman–Crippen MR) is 105 cm³/mol. The van der Waals surface area contributed by atoms with Gasteiger partial charge >= 0.3 is 0 Å². The molecular weight excluding hydrogens is 386 g/mol. The van der Waals surface area contributed by atoms with Crippen molar-refractivity contribution in [3.05, 3.63) is 42.0 Å². The van der Waals surface area contributed by atoms with E-state index in [0.29, 0.717) is 23.3 Å². The highest BCUT2D eigenvalue weighted by molar-refractivity contribution is 7.89.